The van der Waals surface area contributed by atoms with Gasteiger partial charge in [0.1, 0.15) is 0 Å². The van der Waals surface area contributed by atoms with Crippen molar-refractivity contribution < 1.29 is 14.7 Å². The number of rotatable bonds is 4. The van der Waals surface area contributed by atoms with Gasteiger partial charge in [0.15, 0.2) is 0 Å². The smallest absolute Gasteiger partial charge is 0.372 e. The molecule has 1 aromatic carbocycles. The van der Waals surface area contributed by atoms with Crippen LogP contribution in [0, 0.1) is 0 Å². The van der Waals surface area contributed by atoms with Crippen LogP contribution < -0.4 is 0 Å². The summed E-state index contributed by atoms with van der Waals surface area (Å²) in [6.45, 7) is 0. The first-order valence-electron chi connectivity index (χ1n) is 5.42. The van der Waals surface area contributed by atoms with Crippen molar-refractivity contribution in [2.75, 3.05) is 0 Å². The molecule has 0 amide bonds. The minimum atomic E-state index is -1.42. The van der Waals surface area contributed by atoms with Gasteiger partial charge in [0.05, 0.1) is 12.1 Å². The standard InChI is InChI=1S/C13H12N2O3/c1-15-10(8-12(16)13(17)18)7-11(14-15)9-5-3-2-4-6-9/h2-7H,8H2,1H3,(H,17,18). The van der Waals surface area contributed by atoms with Crippen molar-refractivity contribution >= 4 is 11.8 Å². The molecule has 1 N–H and O–H groups in total. The third-order valence-electron chi connectivity index (χ3n) is 2.63. The number of ketones is 1. The van der Waals surface area contributed by atoms with Gasteiger partial charge in [-0.2, -0.15) is 5.10 Å². The van der Waals surface area contributed by atoms with Crippen molar-refractivity contribution in [2.45, 2.75) is 6.42 Å². The van der Waals surface area contributed by atoms with Gasteiger partial charge in [-0.3, -0.25) is 9.48 Å². The molecule has 0 bridgehead atoms. The van der Waals surface area contributed by atoms with Gasteiger partial charge < -0.3 is 5.11 Å². The van der Waals surface area contributed by atoms with Crippen LogP contribution in [-0.4, -0.2) is 26.6 Å². The lowest BCUT2D eigenvalue weighted by Gasteiger charge is -1.96. The molecular formula is C13H12N2O3. The zero-order valence-corrected chi connectivity index (χ0v) is 9.83. The molecule has 0 aliphatic heterocycles. The molecule has 5 nitrogen and oxygen atoms in total. The molecule has 5 heteroatoms. The number of aromatic nitrogens is 2. The van der Waals surface area contributed by atoms with Crippen LogP contribution in [0.15, 0.2) is 36.4 Å². The molecule has 2 rings (SSSR count). The number of carbonyl (C=O) groups excluding carboxylic acids is 1. The topological polar surface area (TPSA) is 72.2 Å². The quantitative estimate of drug-likeness (QED) is 0.822. The Morgan fingerprint density at radius 1 is 1.28 bits per heavy atom. The second-order valence-electron chi connectivity index (χ2n) is 3.92. The summed E-state index contributed by atoms with van der Waals surface area (Å²) in [5.74, 6) is -2.25. The van der Waals surface area contributed by atoms with E-state index in [-0.39, 0.29) is 6.42 Å². The van der Waals surface area contributed by atoms with Crippen LogP contribution in [0.25, 0.3) is 11.3 Å². The highest BCUT2D eigenvalue weighted by Gasteiger charge is 2.16. The minimum Gasteiger partial charge on any atom is -0.475 e. The Kier molecular flexibility index (Phi) is 3.23. The Morgan fingerprint density at radius 3 is 2.56 bits per heavy atom. The van der Waals surface area contributed by atoms with E-state index in [0.717, 1.165) is 11.3 Å². The average molecular weight is 244 g/mol. The van der Waals surface area contributed by atoms with Gasteiger partial charge in [-0.1, -0.05) is 30.3 Å². The monoisotopic (exact) mass is 244 g/mol. The molecule has 0 atom stereocenters. The van der Waals surface area contributed by atoms with Gasteiger partial charge in [0, 0.05) is 18.3 Å². The minimum absolute atomic E-state index is 0.147. The number of aliphatic carboxylic acids is 1. The number of Topliss-reactive ketones (excluding diaryl/α,β-unsaturated/α-hetero) is 1. The molecule has 18 heavy (non-hydrogen) atoms. The highest BCUT2D eigenvalue weighted by molar-refractivity contribution is 6.33. The first-order chi connectivity index (χ1) is 8.58. The van der Waals surface area contributed by atoms with Crippen LogP contribution in [0.1, 0.15) is 5.69 Å². The Morgan fingerprint density at radius 2 is 1.94 bits per heavy atom. The van der Waals surface area contributed by atoms with Crippen LogP contribution in [0.2, 0.25) is 0 Å². The molecule has 92 valence electrons. The fraction of sp³-hybridized carbons (Fsp3) is 0.154. The second kappa shape index (κ2) is 4.83. The summed E-state index contributed by atoms with van der Waals surface area (Å²) < 4.78 is 1.53. The summed E-state index contributed by atoms with van der Waals surface area (Å²) in [5, 5.41) is 12.8. The number of nitrogens with zero attached hydrogens (tertiary/aromatic N) is 2. The van der Waals surface area contributed by atoms with Crippen molar-refractivity contribution in [3.63, 3.8) is 0 Å². The van der Waals surface area contributed by atoms with E-state index in [1.807, 2.05) is 30.3 Å². The van der Waals surface area contributed by atoms with Gasteiger partial charge in [0.2, 0.25) is 5.78 Å². The maximum absolute atomic E-state index is 11.2. The fourth-order valence-electron chi connectivity index (χ4n) is 1.66. The summed E-state index contributed by atoms with van der Waals surface area (Å²) in [4.78, 5) is 21.7. The van der Waals surface area contributed by atoms with Gasteiger partial charge in [-0.25, -0.2) is 4.79 Å². The van der Waals surface area contributed by atoms with Crippen molar-refractivity contribution in [2.24, 2.45) is 7.05 Å². The molecule has 0 fully saturated rings. The maximum atomic E-state index is 11.2. The second-order valence-corrected chi connectivity index (χ2v) is 3.92. The van der Waals surface area contributed by atoms with E-state index in [1.54, 1.807) is 13.1 Å². The van der Waals surface area contributed by atoms with Crippen LogP contribution in [-0.2, 0) is 23.1 Å². The first-order valence-corrected chi connectivity index (χ1v) is 5.42. The van der Waals surface area contributed by atoms with E-state index in [1.165, 1.54) is 4.68 Å². The number of aryl methyl sites for hydroxylation is 1. The van der Waals surface area contributed by atoms with Gasteiger partial charge in [-0.15, -0.1) is 0 Å². The highest BCUT2D eigenvalue weighted by atomic mass is 16.4. The Hall–Kier alpha value is -2.43. The van der Waals surface area contributed by atoms with Gasteiger partial charge in [-0.05, 0) is 6.07 Å². The summed E-state index contributed by atoms with van der Waals surface area (Å²) in [6, 6.07) is 11.2. The summed E-state index contributed by atoms with van der Waals surface area (Å²) in [5.41, 5.74) is 2.25. The molecule has 0 saturated carbocycles. The Bertz CT molecular complexity index is 588. The molecule has 0 saturated heterocycles. The molecule has 1 aromatic heterocycles. The van der Waals surface area contributed by atoms with Crippen LogP contribution in [0.5, 0.6) is 0 Å². The lowest BCUT2D eigenvalue weighted by molar-refractivity contribution is -0.148. The van der Waals surface area contributed by atoms with Crippen molar-refractivity contribution in [3.05, 3.63) is 42.1 Å². The van der Waals surface area contributed by atoms with E-state index in [2.05, 4.69) is 5.10 Å². The SMILES string of the molecule is Cn1nc(-c2ccccc2)cc1CC(=O)C(=O)O. The maximum Gasteiger partial charge on any atom is 0.372 e. The van der Waals surface area contributed by atoms with E-state index < -0.39 is 11.8 Å². The molecule has 0 radical (unpaired) electrons. The molecular weight excluding hydrogens is 232 g/mol. The number of hydrogen-bond donors (Lipinski definition) is 1. The zero-order valence-electron chi connectivity index (χ0n) is 9.83. The van der Waals surface area contributed by atoms with Crippen molar-refractivity contribution in [3.8, 4) is 11.3 Å². The first kappa shape index (κ1) is 12.0. The van der Waals surface area contributed by atoms with Crippen LogP contribution >= 0.6 is 0 Å². The van der Waals surface area contributed by atoms with E-state index in [0.29, 0.717) is 5.69 Å². The number of carboxylic acid groups (broad SMARTS) is 1. The largest absolute Gasteiger partial charge is 0.475 e. The number of carbonyl (C=O) groups is 2. The van der Waals surface area contributed by atoms with E-state index in [4.69, 9.17) is 5.11 Å². The average Bonchev–Trinajstić information content (AvgIpc) is 2.72. The molecule has 0 aliphatic carbocycles. The van der Waals surface area contributed by atoms with Crippen molar-refractivity contribution in [1.82, 2.24) is 9.78 Å². The highest BCUT2D eigenvalue weighted by Crippen LogP contribution is 2.18. The molecule has 0 aliphatic rings. The van der Waals surface area contributed by atoms with Crippen LogP contribution in [0.4, 0.5) is 0 Å². The lowest BCUT2D eigenvalue weighted by Crippen LogP contribution is -2.16. The van der Waals surface area contributed by atoms with Gasteiger partial charge in [0.25, 0.3) is 0 Å². The molecule has 1 heterocycles. The predicted molar refractivity (Wildman–Crippen MR) is 65.0 cm³/mol. The molecule has 0 spiro atoms. The predicted octanol–water partition coefficient (Wildman–Crippen LogP) is 1.28. The number of benzene rings is 1. The number of hydrogen-bond acceptors (Lipinski definition) is 3. The fourth-order valence-corrected chi connectivity index (χ4v) is 1.66. The summed E-state index contributed by atoms with van der Waals surface area (Å²) in [6.07, 6.45) is -0.147. The number of carboxylic acids is 1. The van der Waals surface area contributed by atoms with E-state index >= 15 is 0 Å². The normalized spacial score (nSPS) is 10.3. The zero-order chi connectivity index (χ0) is 13.1. The van der Waals surface area contributed by atoms with Crippen molar-refractivity contribution in [1.29, 1.82) is 0 Å². The van der Waals surface area contributed by atoms with Gasteiger partial charge >= 0.3 is 5.97 Å². The van der Waals surface area contributed by atoms with E-state index in [9.17, 15) is 9.59 Å². The third-order valence-corrected chi connectivity index (χ3v) is 2.63. The lowest BCUT2D eigenvalue weighted by atomic mass is 10.1. The Balaban J connectivity index is 2.28. The molecule has 2 aromatic rings. The Labute approximate surface area is 104 Å². The molecule has 0 unspecified atom stereocenters. The van der Waals surface area contributed by atoms with Crippen LogP contribution in [0.3, 0.4) is 0 Å². The summed E-state index contributed by atoms with van der Waals surface area (Å²) >= 11 is 0. The summed E-state index contributed by atoms with van der Waals surface area (Å²) in [7, 11) is 1.69. The third kappa shape index (κ3) is 2.45.